The van der Waals surface area contributed by atoms with E-state index in [0.717, 1.165) is 25.9 Å². The lowest BCUT2D eigenvalue weighted by molar-refractivity contribution is -0.177. The van der Waals surface area contributed by atoms with E-state index in [1.807, 2.05) is 0 Å². The summed E-state index contributed by atoms with van der Waals surface area (Å²) in [5, 5.41) is 0.628. The first-order valence-corrected chi connectivity index (χ1v) is 7.52. The van der Waals surface area contributed by atoms with E-state index in [4.69, 9.17) is 4.84 Å². The molecule has 1 spiro atoms. The zero-order chi connectivity index (χ0) is 15.2. The number of likely N-dealkylation sites (tertiary alicyclic amines) is 2. The summed E-state index contributed by atoms with van der Waals surface area (Å²) in [7, 11) is 0. The van der Waals surface area contributed by atoms with Gasteiger partial charge in [0.15, 0.2) is 0 Å². The Balaban J connectivity index is 1.64. The van der Waals surface area contributed by atoms with E-state index in [0.29, 0.717) is 17.6 Å². The van der Waals surface area contributed by atoms with Crippen molar-refractivity contribution in [3.63, 3.8) is 0 Å². The topological polar surface area (TPSA) is 70.2 Å². The summed E-state index contributed by atoms with van der Waals surface area (Å²) < 4.78 is 0. The molecule has 3 rings (SSSR count). The third-order valence-electron chi connectivity index (χ3n) is 4.86. The van der Waals surface area contributed by atoms with Crippen LogP contribution in [0, 0.1) is 0 Å². The second kappa shape index (κ2) is 4.98. The third kappa shape index (κ3) is 2.29. The molecule has 1 unspecified atom stereocenters. The molecule has 0 bridgehead atoms. The van der Waals surface area contributed by atoms with E-state index < -0.39 is 17.9 Å². The standard InChI is InChI=1S/C14H21N3O4/c1-10(2)15-7-5-14(9-15)6-8-16(14)13(20)21-17-11(18)3-4-12(17)19/h10H,3-9H2,1-2H3. The predicted molar refractivity (Wildman–Crippen MR) is 72.9 cm³/mol. The molecule has 3 fully saturated rings. The molecule has 21 heavy (non-hydrogen) atoms. The smallest absolute Gasteiger partial charge is 0.311 e. The number of imide groups is 1. The Bertz CT molecular complexity index is 477. The van der Waals surface area contributed by atoms with Gasteiger partial charge in [0.25, 0.3) is 11.8 Å². The minimum Gasteiger partial charge on any atom is -0.311 e. The number of carbonyl (C=O) groups is 3. The molecule has 0 aromatic carbocycles. The number of nitrogens with zero attached hydrogens (tertiary/aromatic N) is 3. The van der Waals surface area contributed by atoms with Crippen LogP contribution in [0.1, 0.15) is 39.5 Å². The minimum absolute atomic E-state index is 0.123. The normalized spacial score (nSPS) is 29.7. The van der Waals surface area contributed by atoms with Crippen molar-refractivity contribution in [2.75, 3.05) is 19.6 Å². The highest BCUT2D eigenvalue weighted by Crippen LogP contribution is 2.40. The lowest BCUT2D eigenvalue weighted by atomic mass is 9.84. The third-order valence-corrected chi connectivity index (χ3v) is 4.86. The lowest BCUT2D eigenvalue weighted by Gasteiger charge is -2.49. The summed E-state index contributed by atoms with van der Waals surface area (Å²) in [6.45, 7) is 6.70. The van der Waals surface area contributed by atoms with Crippen LogP contribution < -0.4 is 0 Å². The number of hydrogen-bond acceptors (Lipinski definition) is 5. The van der Waals surface area contributed by atoms with E-state index in [2.05, 4.69) is 18.7 Å². The largest absolute Gasteiger partial charge is 0.435 e. The number of hydroxylamine groups is 2. The zero-order valence-corrected chi connectivity index (χ0v) is 12.5. The van der Waals surface area contributed by atoms with Crippen LogP contribution in [-0.2, 0) is 14.4 Å². The molecule has 0 aromatic heterocycles. The SMILES string of the molecule is CC(C)N1CCC2(CCN2C(=O)ON2C(=O)CCC2=O)C1. The molecule has 0 N–H and O–H groups in total. The Morgan fingerprint density at radius 1 is 1.14 bits per heavy atom. The Morgan fingerprint density at radius 2 is 1.76 bits per heavy atom. The maximum Gasteiger partial charge on any atom is 0.435 e. The highest BCUT2D eigenvalue weighted by atomic mass is 16.7. The Hall–Kier alpha value is -1.63. The monoisotopic (exact) mass is 295 g/mol. The highest BCUT2D eigenvalue weighted by Gasteiger charge is 2.53. The molecule has 7 nitrogen and oxygen atoms in total. The first kappa shape index (κ1) is 14.3. The Labute approximate surface area is 123 Å². The Morgan fingerprint density at radius 3 is 2.24 bits per heavy atom. The molecule has 3 aliphatic heterocycles. The molecule has 0 radical (unpaired) electrons. The molecule has 7 heteroatoms. The van der Waals surface area contributed by atoms with E-state index in [1.54, 1.807) is 4.90 Å². The van der Waals surface area contributed by atoms with Crippen molar-refractivity contribution in [2.24, 2.45) is 0 Å². The van der Waals surface area contributed by atoms with Gasteiger partial charge in [-0.2, -0.15) is 0 Å². The lowest BCUT2D eigenvalue weighted by Crippen LogP contribution is -2.64. The van der Waals surface area contributed by atoms with Gasteiger partial charge in [-0.15, -0.1) is 5.06 Å². The van der Waals surface area contributed by atoms with Crippen LogP contribution in [0.4, 0.5) is 4.79 Å². The summed E-state index contributed by atoms with van der Waals surface area (Å²) >= 11 is 0. The molecule has 1 atom stereocenters. The van der Waals surface area contributed by atoms with Gasteiger partial charge in [-0.25, -0.2) is 4.79 Å². The van der Waals surface area contributed by atoms with Crippen molar-refractivity contribution >= 4 is 17.9 Å². The van der Waals surface area contributed by atoms with Gasteiger partial charge < -0.3 is 4.84 Å². The molecule has 3 saturated heterocycles. The molecular weight excluding hydrogens is 274 g/mol. The Kier molecular flexibility index (Phi) is 3.39. The van der Waals surface area contributed by atoms with Crippen LogP contribution >= 0.6 is 0 Å². The number of rotatable bonds is 2. The van der Waals surface area contributed by atoms with Crippen molar-refractivity contribution in [3.05, 3.63) is 0 Å². The molecule has 3 heterocycles. The molecular formula is C14H21N3O4. The first-order chi connectivity index (χ1) is 9.93. The summed E-state index contributed by atoms with van der Waals surface area (Å²) in [5.74, 6) is -0.865. The fraction of sp³-hybridized carbons (Fsp3) is 0.786. The van der Waals surface area contributed by atoms with Gasteiger partial charge in [0.2, 0.25) is 0 Å². The minimum atomic E-state index is -0.574. The van der Waals surface area contributed by atoms with Gasteiger partial charge in [0, 0.05) is 38.5 Å². The average molecular weight is 295 g/mol. The first-order valence-electron chi connectivity index (χ1n) is 7.52. The summed E-state index contributed by atoms with van der Waals surface area (Å²) in [4.78, 5) is 44.3. The van der Waals surface area contributed by atoms with Gasteiger partial charge in [0.1, 0.15) is 0 Å². The number of hydrogen-bond donors (Lipinski definition) is 0. The van der Waals surface area contributed by atoms with E-state index in [1.165, 1.54) is 0 Å². The number of amides is 3. The van der Waals surface area contributed by atoms with Crippen molar-refractivity contribution < 1.29 is 19.2 Å². The highest BCUT2D eigenvalue weighted by molar-refractivity contribution is 6.01. The van der Waals surface area contributed by atoms with Gasteiger partial charge >= 0.3 is 6.09 Å². The predicted octanol–water partition coefficient (Wildman–Crippen LogP) is 0.746. The van der Waals surface area contributed by atoms with Crippen molar-refractivity contribution in [1.82, 2.24) is 14.9 Å². The number of carbonyl (C=O) groups excluding carboxylic acids is 3. The maximum absolute atomic E-state index is 12.2. The molecule has 0 aromatic rings. The van der Waals surface area contributed by atoms with E-state index in [-0.39, 0.29) is 18.4 Å². The van der Waals surface area contributed by atoms with Crippen molar-refractivity contribution in [2.45, 2.75) is 51.1 Å². The molecule has 0 saturated carbocycles. The van der Waals surface area contributed by atoms with Gasteiger partial charge in [-0.1, -0.05) is 0 Å². The average Bonchev–Trinajstić information content (AvgIpc) is 2.98. The second-order valence-corrected chi connectivity index (χ2v) is 6.38. The zero-order valence-electron chi connectivity index (χ0n) is 12.5. The quantitative estimate of drug-likeness (QED) is 0.703. The molecule has 3 aliphatic rings. The van der Waals surface area contributed by atoms with Gasteiger partial charge in [-0.05, 0) is 26.7 Å². The summed E-state index contributed by atoms with van der Waals surface area (Å²) in [6.07, 6.45) is 1.54. The maximum atomic E-state index is 12.2. The van der Waals surface area contributed by atoms with Gasteiger partial charge in [0.05, 0.1) is 5.54 Å². The molecule has 116 valence electrons. The van der Waals surface area contributed by atoms with Crippen molar-refractivity contribution in [1.29, 1.82) is 0 Å². The van der Waals surface area contributed by atoms with Crippen LogP contribution in [0.15, 0.2) is 0 Å². The van der Waals surface area contributed by atoms with Crippen LogP contribution in [0.25, 0.3) is 0 Å². The fourth-order valence-electron chi connectivity index (χ4n) is 3.36. The molecule has 0 aliphatic carbocycles. The summed E-state index contributed by atoms with van der Waals surface area (Å²) in [6, 6.07) is 0.449. The van der Waals surface area contributed by atoms with Crippen LogP contribution in [0.2, 0.25) is 0 Å². The fourth-order valence-corrected chi connectivity index (χ4v) is 3.36. The summed E-state index contributed by atoms with van der Waals surface area (Å²) in [5.41, 5.74) is -0.173. The van der Waals surface area contributed by atoms with Crippen LogP contribution in [0.5, 0.6) is 0 Å². The second-order valence-electron chi connectivity index (χ2n) is 6.38. The molecule has 3 amide bonds. The van der Waals surface area contributed by atoms with Crippen LogP contribution in [-0.4, -0.2) is 64.0 Å². The van der Waals surface area contributed by atoms with E-state index in [9.17, 15) is 14.4 Å². The van der Waals surface area contributed by atoms with Crippen LogP contribution in [0.3, 0.4) is 0 Å². The van der Waals surface area contributed by atoms with Crippen molar-refractivity contribution in [3.8, 4) is 0 Å². The van der Waals surface area contributed by atoms with Gasteiger partial charge in [-0.3, -0.25) is 19.4 Å². The van der Waals surface area contributed by atoms with E-state index >= 15 is 0 Å².